The SMILES string of the molecule is Cc1cc2c3c(c1)N(c1cccc4c1C(C)(C)c1cc(C(C)(C)C)ccc1-4)c1cc4c(cc1B3c1cc3c(cc1N2c1ccc2c(c1)C(C)(C)CCC2(C)C)C(C)(C)CCC3(C)C)C(C)(C)CCC4(C)C. The lowest BCUT2D eigenvalue weighted by Gasteiger charge is -2.49. The summed E-state index contributed by atoms with van der Waals surface area (Å²) < 4.78 is 0. The van der Waals surface area contributed by atoms with Gasteiger partial charge in [0.25, 0.3) is 6.71 Å². The normalized spacial score (nSPS) is 21.5. The van der Waals surface area contributed by atoms with Crippen molar-refractivity contribution in [1.82, 2.24) is 0 Å². The molecule has 71 heavy (non-hydrogen) atoms. The Hall–Kier alpha value is -5.02. The monoisotopic (exact) mass is 937 g/mol. The molecule has 0 atom stereocenters. The van der Waals surface area contributed by atoms with E-state index in [1.54, 1.807) is 0 Å². The standard InChI is InChI=1S/C68H81BN2/c1-40-32-57-60-58(33-40)71(54-21-19-20-44-43-24-22-41(61(2,3)4)34-46(43)68(17,18)59(44)54)56-39-51-49(65(11,12)29-31-67(51,15)16)37-53(56)69(60)52-36-48-50(66(13,14)30-28-64(48,9)10)38-55(52)70(57)42-23-25-45-47(35-42)63(7,8)27-26-62(45,5)6/h19-25,32-39H,26-31H2,1-18H3. The molecule has 3 heteroatoms. The summed E-state index contributed by atoms with van der Waals surface area (Å²) in [5.41, 5.74) is 30.0. The molecular formula is C68H81BN2. The van der Waals surface area contributed by atoms with Crippen LogP contribution in [0.25, 0.3) is 11.1 Å². The summed E-state index contributed by atoms with van der Waals surface area (Å²) in [7, 11) is 0. The fourth-order valence-electron chi connectivity index (χ4n) is 15.0. The van der Waals surface area contributed by atoms with E-state index in [0.717, 1.165) is 0 Å². The molecule has 0 unspecified atom stereocenters. The van der Waals surface area contributed by atoms with Gasteiger partial charge < -0.3 is 9.80 Å². The van der Waals surface area contributed by atoms with Crippen molar-refractivity contribution >= 4 is 57.2 Å². The smallest absolute Gasteiger partial charge is 0.252 e. The fourth-order valence-corrected chi connectivity index (χ4v) is 15.0. The fraction of sp³-hybridized carbons (Fsp3) is 0.471. The molecule has 6 aliphatic rings. The predicted octanol–water partition coefficient (Wildman–Crippen LogP) is 16.7. The lowest BCUT2D eigenvalue weighted by Crippen LogP contribution is -2.62. The van der Waals surface area contributed by atoms with Gasteiger partial charge in [-0.25, -0.2) is 0 Å². The zero-order chi connectivity index (χ0) is 50.7. The maximum Gasteiger partial charge on any atom is 0.252 e. The maximum atomic E-state index is 2.78. The number of benzene rings is 6. The average molecular weight is 937 g/mol. The lowest BCUT2D eigenvalue weighted by atomic mass is 9.32. The van der Waals surface area contributed by atoms with Crippen molar-refractivity contribution in [3.05, 3.63) is 147 Å². The van der Waals surface area contributed by atoms with Crippen LogP contribution in [0.15, 0.2) is 91.0 Å². The molecule has 6 aromatic rings. The molecule has 0 bridgehead atoms. The number of fused-ring (bicyclic) bond motifs is 10. The van der Waals surface area contributed by atoms with E-state index in [4.69, 9.17) is 0 Å². The second kappa shape index (κ2) is 14.4. The van der Waals surface area contributed by atoms with Gasteiger partial charge in [-0.15, -0.1) is 0 Å². The van der Waals surface area contributed by atoms with Crippen LogP contribution in [0.3, 0.4) is 0 Å². The first-order valence-corrected chi connectivity index (χ1v) is 27.5. The highest BCUT2D eigenvalue weighted by Gasteiger charge is 2.50. The van der Waals surface area contributed by atoms with Crippen LogP contribution < -0.4 is 26.2 Å². The topological polar surface area (TPSA) is 6.48 Å². The number of rotatable bonds is 2. The first-order chi connectivity index (χ1) is 32.9. The Labute approximate surface area is 429 Å². The minimum atomic E-state index is -0.224. The summed E-state index contributed by atoms with van der Waals surface area (Å²) >= 11 is 0. The van der Waals surface area contributed by atoms with Crippen molar-refractivity contribution in [2.75, 3.05) is 9.80 Å². The van der Waals surface area contributed by atoms with Crippen LogP contribution in [0.1, 0.15) is 212 Å². The molecule has 6 aromatic carbocycles. The minimum Gasteiger partial charge on any atom is -0.311 e. The number of hydrogen-bond acceptors (Lipinski definition) is 2. The van der Waals surface area contributed by atoms with Gasteiger partial charge in [0.05, 0.1) is 5.69 Å². The number of anilines is 6. The molecule has 0 fully saturated rings. The summed E-state index contributed by atoms with van der Waals surface area (Å²) in [5, 5.41) is 0. The maximum absolute atomic E-state index is 2.78. The molecule has 0 saturated carbocycles. The van der Waals surface area contributed by atoms with E-state index in [1.165, 1.54) is 156 Å². The van der Waals surface area contributed by atoms with Crippen LogP contribution >= 0.6 is 0 Å². The Morgan fingerprint density at radius 3 is 1.39 bits per heavy atom. The third-order valence-electron chi connectivity index (χ3n) is 20.0. The largest absolute Gasteiger partial charge is 0.311 e. The molecule has 2 nitrogen and oxygen atoms in total. The highest BCUT2D eigenvalue weighted by molar-refractivity contribution is 7.00. The summed E-state index contributed by atoms with van der Waals surface area (Å²) in [4.78, 5) is 5.52. The molecule has 0 aromatic heterocycles. The van der Waals surface area contributed by atoms with Crippen LogP contribution in [0.5, 0.6) is 0 Å². The molecule has 2 aliphatic heterocycles. The molecule has 2 heterocycles. The number of nitrogens with zero attached hydrogens (tertiary/aromatic N) is 2. The Balaban J connectivity index is 1.21. The van der Waals surface area contributed by atoms with Crippen LogP contribution in [0, 0.1) is 6.92 Å². The summed E-state index contributed by atoms with van der Waals surface area (Å²) in [6.45, 7) is 44.5. The van der Waals surface area contributed by atoms with Crippen molar-refractivity contribution in [3.63, 3.8) is 0 Å². The average Bonchev–Trinajstić information content (AvgIpc) is 3.52. The van der Waals surface area contributed by atoms with E-state index < -0.39 is 0 Å². The highest BCUT2D eigenvalue weighted by Crippen LogP contribution is 2.58. The van der Waals surface area contributed by atoms with Gasteiger partial charge in [0.1, 0.15) is 0 Å². The molecule has 0 N–H and O–H groups in total. The van der Waals surface area contributed by atoms with Gasteiger partial charge in [0, 0.05) is 33.9 Å². The number of aryl methyl sites for hydroxylation is 1. The van der Waals surface area contributed by atoms with Gasteiger partial charge in [-0.05, 0) is 209 Å². The van der Waals surface area contributed by atoms with Gasteiger partial charge in [-0.3, -0.25) is 0 Å². The van der Waals surface area contributed by atoms with Crippen molar-refractivity contribution in [2.24, 2.45) is 0 Å². The molecule has 4 aliphatic carbocycles. The van der Waals surface area contributed by atoms with Crippen LogP contribution in [0.2, 0.25) is 0 Å². The Kier molecular flexibility index (Phi) is 9.53. The predicted molar refractivity (Wildman–Crippen MR) is 307 cm³/mol. The summed E-state index contributed by atoms with van der Waals surface area (Å²) in [6.07, 6.45) is 7.13. The van der Waals surface area contributed by atoms with Crippen molar-refractivity contribution < 1.29 is 0 Å². The second-order valence-corrected chi connectivity index (χ2v) is 29.1. The molecule has 0 spiro atoms. The van der Waals surface area contributed by atoms with Gasteiger partial charge in [0.2, 0.25) is 0 Å². The lowest BCUT2D eigenvalue weighted by molar-refractivity contribution is 0.332. The van der Waals surface area contributed by atoms with Crippen molar-refractivity contribution in [2.45, 2.75) is 206 Å². The van der Waals surface area contributed by atoms with Gasteiger partial charge >= 0.3 is 0 Å². The molecular weight excluding hydrogens is 856 g/mol. The Morgan fingerprint density at radius 2 is 0.873 bits per heavy atom. The zero-order valence-electron chi connectivity index (χ0n) is 46.9. The Morgan fingerprint density at radius 1 is 0.408 bits per heavy atom. The zero-order valence-corrected chi connectivity index (χ0v) is 46.9. The van der Waals surface area contributed by atoms with E-state index in [-0.39, 0.29) is 50.0 Å². The van der Waals surface area contributed by atoms with Crippen molar-refractivity contribution in [1.29, 1.82) is 0 Å². The van der Waals surface area contributed by atoms with E-state index in [0.29, 0.717) is 0 Å². The Bertz CT molecular complexity index is 3300. The quantitative estimate of drug-likeness (QED) is 0.159. The molecule has 0 amide bonds. The van der Waals surface area contributed by atoms with Crippen LogP contribution in [-0.2, 0) is 43.3 Å². The van der Waals surface area contributed by atoms with E-state index in [9.17, 15) is 0 Å². The van der Waals surface area contributed by atoms with E-state index >= 15 is 0 Å². The van der Waals surface area contributed by atoms with Crippen LogP contribution in [0.4, 0.5) is 34.1 Å². The summed E-state index contributed by atoms with van der Waals surface area (Å²) in [5.74, 6) is 0. The minimum absolute atomic E-state index is 0.0475. The van der Waals surface area contributed by atoms with Crippen LogP contribution in [-0.4, -0.2) is 6.71 Å². The molecule has 0 radical (unpaired) electrons. The number of hydrogen-bond donors (Lipinski definition) is 0. The third kappa shape index (κ3) is 6.58. The van der Waals surface area contributed by atoms with E-state index in [1.807, 2.05) is 0 Å². The summed E-state index contributed by atoms with van der Waals surface area (Å²) in [6, 6.07) is 38.2. The van der Waals surface area contributed by atoms with Crippen molar-refractivity contribution in [3.8, 4) is 11.1 Å². The van der Waals surface area contributed by atoms with Gasteiger partial charge in [-0.1, -0.05) is 166 Å². The third-order valence-corrected chi connectivity index (χ3v) is 20.0. The second-order valence-electron chi connectivity index (χ2n) is 29.1. The molecule has 366 valence electrons. The first-order valence-electron chi connectivity index (χ1n) is 27.5. The molecule has 12 rings (SSSR count). The van der Waals surface area contributed by atoms with Gasteiger partial charge in [-0.2, -0.15) is 0 Å². The van der Waals surface area contributed by atoms with Gasteiger partial charge in [0.15, 0.2) is 0 Å². The highest BCUT2D eigenvalue weighted by atomic mass is 15.2. The first kappa shape index (κ1) is 47.0. The molecule has 0 saturated heterocycles. The van der Waals surface area contributed by atoms with E-state index in [2.05, 4.69) is 225 Å².